The molecular weight excluding hydrogens is 318 g/mol. The standard InChI is InChI=1S/C19H21N3O3/c1-2-25-17-7-5-16(6-8-17)22-13-15(10-18(22)23)19(24)21-12-14-4-3-9-20-11-14/h3-9,11,15H,2,10,12-13H2,1H3,(H,21,24)/t15-/m0/s1. The predicted molar refractivity (Wildman–Crippen MR) is 94.2 cm³/mol. The van der Waals surface area contributed by atoms with E-state index in [0.29, 0.717) is 19.7 Å². The van der Waals surface area contributed by atoms with Gasteiger partial charge in [-0.3, -0.25) is 14.6 Å². The van der Waals surface area contributed by atoms with Gasteiger partial charge >= 0.3 is 0 Å². The fourth-order valence-corrected chi connectivity index (χ4v) is 2.86. The first-order valence-corrected chi connectivity index (χ1v) is 8.37. The summed E-state index contributed by atoms with van der Waals surface area (Å²) in [5.41, 5.74) is 1.72. The Morgan fingerprint density at radius 1 is 1.32 bits per heavy atom. The molecule has 1 saturated heterocycles. The summed E-state index contributed by atoms with van der Waals surface area (Å²) in [6.07, 6.45) is 3.63. The lowest BCUT2D eigenvalue weighted by atomic mass is 10.1. The molecule has 1 aromatic heterocycles. The van der Waals surface area contributed by atoms with E-state index < -0.39 is 0 Å². The van der Waals surface area contributed by atoms with Crippen molar-refractivity contribution >= 4 is 17.5 Å². The van der Waals surface area contributed by atoms with Gasteiger partial charge in [-0.25, -0.2) is 0 Å². The molecule has 0 unspecified atom stereocenters. The molecular formula is C19H21N3O3. The number of pyridine rings is 1. The number of carbonyl (C=O) groups is 2. The summed E-state index contributed by atoms with van der Waals surface area (Å²) in [5, 5.41) is 2.88. The van der Waals surface area contributed by atoms with Crippen molar-refractivity contribution in [2.24, 2.45) is 5.92 Å². The molecule has 0 radical (unpaired) electrons. The van der Waals surface area contributed by atoms with Crippen LogP contribution in [0.3, 0.4) is 0 Å². The molecule has 1 fully saturated rings. The number of benzene rings is 1. The molecule has 1 aliphatic rings. The van der Waals surface area contributed by atoms with Crippen LogP contribution in [0.5, 0.6) is 5.75 Å². The van der Waals surface area contributed by atoms with Crippen LogP contribution in [0.4, 0.5) is 5.69 Å². The quantitative estimate of drug-likeness (QED) is 0.875. The molecule has 25 heavy (non-hydrogen) atoms. The van der Waals surface area contributed by atoms with Gasteiger partial charge in [-0.15, -0.1) is 0 Å². The first kappa shape index (κ1) is 17.0. The van der Waals surface area contributed by atoms with Crippen molar-refractivity contribution in [3.63, 3.8) is 0 Å². The number of hydrogen-bond donors (Lipinski definition) is 1. The lowest BCUT2D eigenvalue weighted by Gasteiger charge is -2.17. The average Bonchev–Trinajstić information content (AvgIpc) is 3.03. The van der Waals surface area contributed by atoms with E-state index in [9.17, 15) is 9.59 Å². The zero-order valence-corrected chi connectivity index (χ0v) is 14.1. The molecule has 0 bridgehead atoms. The third-order valence-electron chi connectivity index (χ3n) is 4.14. The summed E-state index contributed by atoms with van der Waals surface area (Å²) in [7, 11) is 0. The van der Waals surface area contributed by atoms with Gasteiger partial charge in [0.25, 0.3) is 0 Å². The molecule has 1 atom stereocenters. The number of nitrogens with one attached hydrogen (secondary N) is 1. The van der Waals surface area contributed by atoms with Crippen LogP contribution >= 0.6 is 0 Å². The lowest BCUT2D eigenvalue weighted by molar-refractivity contribution is -0.126. The van der Waals surface area contributed by atoms with Crippen molar-refractivity contribution in [2.75, 3.05) is 18.1 Å². The second-order valence-corrected chi connectivity index (χ2v) is 5.91. The van der Waals surface area contributed by atoms with E-state index in [1.807, 2.05) is 43.3 Å². The zero-order valence-electron chi connectivity index (χ0n) is 14.1. The fraction of sp³-hybridized carbons (Fsp3) is 0.316. The monoisotopic (exact) mass is 339 g/mol. The van der Waals surface area contributed by atoms with Gasteiger partial charge in [0.15, 0.2) is 0 Å². The Bertz CT molecular complexity index is 731. The van der Waals surface area contributed by atoms with Crippen molar-refractivity contribution in [1.82, 2.24) is 10.3 Å². The Hall–Kier alpha value is -2.89. The van der Waals surface area contributed by atoms with Crippen LogP contribution in [-0.2, 0) is 16.1 Å². The molecule has 1 aromatic carbocycles. The number of ether oxygens (including phenoxy) is 1. The van der Waals surface area contributed by atoms with Gasteiger partial charge < -0.3 is 15.0 Å². The van der Waals surface area contributed by atoms with E-state index in [4.69, 9.17) is 4.74 Å². The summed E-state index contributed by atoms with van der Waals surface area (Å²) in [6, 6.07) is 11.1. The summed E-state index contributed by atoms with van der Waals surface area (Å²) in [5.74, 6) is 0.288. The van der Waals surface area contributed by atoms with Gasteiger partial charge in [0.2, 0.25) is 11.8 Å². The third-order valence-corrected chi connectivity index (χ3v) is 4.14. The van der Waals surface area contributed by atoms with Gasteiger partial charge in [-0.1, -0.05) is 6.07 Å². The molecule has 6 nitrogen and oxygen atoms in total. The number of amides is 2. The number of hydrogen-bond acceptors (Lipinski definition) is 4. The highest BCUT2D eigenvalue weighted by atomic mass is 16.5. The van der Waals surface area contributed by atoms with Crippen molar-refractivity contribution in [3.8, 4) is 5.75 Å². The highest BCUT2D eigenvalue weighted by Gasteiger charge is 2.34. The predicted octanol–water partition coefficient (Wildman–Crippen LogP) is 2.15. The second kappa shape index (κ2) is 7.79. The van der Waals surface area contributed by atoms with Crippen molar-refractivity contribution < 1.29 is 14.3 Å². The summed E-state index contributed by atoms with van der Waals surface area (Å²) >= 11 is 0. The number of carbonyl (C=O) groups excluding carboxylic acids is 2. The maximum absolute atomic E-state index is 12.3. The molecule has 1 aliphatic heterocycles. The Morgan fingerprint density at radius 3 is 2.80 bits per heavy atom. The summed E-state index contributed by atoms with van der Waals surface area (Å²) < 4.78 is 5.41. The van der Waals surface area contributed by atoms with E-state index in [-0.39, 0.29) is 24.2 Å². The molecule has 2 amide bonds. The van der Waals surface area contributed by atoms with Crippen LogP contribution < -0.4 is 15.0 Å². The minimum absolute atomic E-state index is 0.0364. The maximum atomic E-state index is 12.3. The Kier molecular flexibility index (Phi) is 5.28. The largest absolute Gasteiger partial charge is 0.494 e. The topological polar surface area (TPSA) is 71.5 Å². The smallest absolute Gasteiger partial charge is 0.227 e. The van der Waals surface area contributed by atoms with Gasteiger partial charge in [0.05, 0.1) is 12.5 Å². The molecule has 130 valence electrons. The van der Waals surface area contributed by atoms with Crippen LogP contribution in [0.15, 0.2) is 48.8 Å². The van der Waals surface area contributed by atoms with Crippen molar-refractivity contribution in [1.29, 1.82) is 0 Å². The molecule has 0 saturated carbocycles. The molecule has 3 rings (SSSR count). The van der Waals surface area contributed by atoms with E-state index in [1.54, 1.807) is 17.3 Å². The lowest BCUT2D eigenvalue weighted by Crippen LogP contribution is -2.32. The van der Waals surface area contributed by atoms with Gasteiger partial charge in [0, 0.05) is 37.6 Å². The molecule has 2 heterocycles. The van der Waals surface area contributed by atoms with Gasteiger partial charge in [-0.2, -0.15) is 0 Å². The average molecular weight is 339 g/mol. The van der Waals surface area contributed by atoms with E-state index in [2.05, 4.69) is 10.3 Å². The summed E-state index contributed by atoms with van der Waals surface area (Å²) in [6.45, 7) is 3.33. The first-order valence-electron chi connectivity index (χ1n) is 8.37. The van der Waals surface area contributed by atoms with E-state index >= 15 is 0 Å². The van der Waals surface area contributed by atoms with Crippen LogP contribution in [0.2, 0.25) is 0 Å². The SMILES string of the molecule is CCOc1ccc(N2C[C@@H](C(=O)NCc3cccnc3)CC2=O)cc1. The van der Waals surface area contributed by atoms with E-state index in [1.165, 1.54) is 0 Å². The van der Waals surface area contributed by atoms with Crippen molar-refractivity contribution in [3.05, 3.63) is 54.4 Å². The highest BCUT2D eigenvalue weighted by molar-refractivity contribution is 6.00. The van der Waals surface area contributed by atoms with Crippen molar-refractivity contribution in [2.45, 2.75) is 19.9 Å². The summed E-state index contributed by atoms with van der Waals surface area (Å²) in [4.78, 5) is 30.3. The number of anilines is 1. The first-order chi connectivity index (χ1) is 12.2. The van der Waals surface area contributed by atoms with Crippen LogP contribution in [0, 0.1) is 5.92 Å². The number of aromatic nitrogens is 1. The molecule has 6 heteroatoms. The second-order valence-electron chi connectivity index (χ2n) is 5.91. The maximum Gasteiger partial charge on any atom is 0.227 e. The van der Waals surface area contributed by atoms with Gasteiger partial charge in [-0.05, 0) is 42.8 Å². The fourth-order valence-electron chi connectivity index (χ4n) is 2.86. The molecule has 0 aliphatic carbocycles. The minimum atomic E-state index is -0.337. The van der Waals surface area contributed by atoms with Crippen LogP contribution in [0.1, 0.15) is 18.9 Å². The van der Waals surface area contributed by atoms with E-state index in [0.717, 1.165) is 17.0 Å². The number of nitrogens with zero attached hydrogens (tertiary/aromatic N) is 2. The Morgan fingerprint density at radius 2 is 2.12 bits per heavy atom. The van der Waals surface area contributed by atoms with Gasteiger partial charge in [0.1, 0.15) is 5.75 Å². The Balaban J connectivity index is 1.58. The van der Waals surface area contributed by atoms with Crippen LogP contribution in [0.25, 0.3) is 0 Å². The highest BCUT2D eigenvalue weighted by Crippen LogP contribution is 2.27. The molecule has 0 spiro atoms. The molecule has 1 N–H and O–H groups in total. The third kappa shape index (κ3) is 4.15. The molecule has 2 aromatic rings. The number of rotatable bonds is 6. The van der Waals surface area contributed by atoms with Crippen LogP contribution in [-0.4, -0.2) is 29.9 Å². The zero-order chi connectivity index (χ0) is 17.6. The Labute approximate surface area is 146 Å². The normalized spacial score (nSPS) is 16.8. The minimum Gasteiger partial charge on any atom is -0.494 e.